The summed E-state index contributed by atoms with van der Waals surface area (Å²) >= 11 is 0. The third kappa shape index (κ3) is 5.91. The zero-order chi connectivity index (χ0) is 24.8. The van der Waals surface area contributed by atoms with Crippen molar-refractivity contribution >= 4 is 23.1 Å². The second-order valence-electron chi connectivity index (χ2n) is 8.48. The molecule has 0 saturated carbocycles. The summed E-state index contributed by atoms with van der Waals surface area (Å²) in [4.78, 5) is 21.7. The first kappa shape index (κ1) is 24.1. The standard InChI is InChI=1S/C26H26F2N6O/c1-30-16-34-11-9-18(10-12-34)17-5-7-20(8-6-17)33-24-13-23(21(15-32-24)26(29)35)31-14-19-3-2-4-22(27)25(19)28/h2-8,13,15,18H,9-12,14,16H2,(H2,29,35)(H2,31,32,33). The number of primary amides is 1. The van der Waals surface area contributed by atoms with E-state index in [1.165, 1.54) is 23.9 Å². The van der Waals surface area contributed by atoms with Gasteiger partial charge >= 0.3 is 0 Å². The minimum absolute atomic E-state index is 0.0310. The number of piperidine rings is 1. The first-order chi connectivity index (χ1) is 16.9. The van der Waals surface area contributed by atoms with Gasteiger partial charge in [-0.2, -0.15) is 0 Å². The number of carbonyl (C=O) groups is 1. The van der Waals surface area contributed by atoms with Crippen LogP contribution in [0.3, 0.4) is 0 Å². The molecule has 1 amide bonds. The molecular weight excluding hydrogens is 450 g/mol. The number of benzene rings is 2. The fraction of sp³-hybridized carbons (Fsp3) is 0.269. The highest BCUT2D eigenvalue weighted by Gasteiger charge is 2.21. The summed E-state index contributed by atoms with van der Waals surface area (Å²) in [6.45, 7) is 9.30. The van der Waals surface area contributed by atoms with Crippen LogP contribution in [0.25, 0.3) is 4.85 Å². The highest BCUT2D eigenvalue weighted by molar-refractivity contribution is 5.98. The number of halogens is 2. The maximum atomic E-state index is 14.0. The Hall–Kier alpha value is -4.03. The van der Waals surface area contributed by atoms with Gasteiger partial charge in [-0.15, -0.1) is 0 Å². The summed E-state index contributed by atoms with van der Waals surface area (Å²) in [5, 5.41) is 6.16. The molecule has 1 aliphatic heterocycles. The minimum Gasteiger partial charge on any atom is -0.380 e. The number of nitrogens with zero attached hydrogens (tertiary/aromatic N) is 3. The summed E-state index contributed by atoms with van der Waals surface area (Å²) in [5.74, 6) is -1.62. The Morgan fingerprint density at radius 2 is 1.91 bits per heavy atom. The van der Waals surface area contributed by atoms with Crippen molar-refractivity contribution in [3.63, 3.8) is 0 Å². The zero-order valence-corrected chi connectivity index (χ0v) is 19.1. The monoisotopic (exact) mass is 476 g/mol. The highest BCUT2D eigenvalue weighted by Crippen LogP contribution is 2.30. The average Bonchev–Trinajstić information content (AvgIpc) is 2.86. The minimum atomic E-state index is -0.940. The number of likely N-dealkylation sites (tertiary alicyclic amines) is 1. The first-order valence-corrected chi connectivity index (χ1v) is 11.3. The lowest BCUT2D eigenvalue weighted by Crippen LogP contribution is -2.32. The highest BCUT2D eigenvalue weighted by atomic mass is 19.2. The van der Waals surface area contributed by atoms with E-state index in [1.807, 2.05) is 12.1 Å². The number of anilines is 3. The van der Waals surface area contributed by atoms with Crippen LogP contribution >= 0.6 is 0 Å². The second-order valence-corrected chi connectivity index (χ2v) is 8.48. The molecule has 1 aliphatic rings. The molecule has 0 unspecified atom stereocenters. The van der Waals surface area contributed by atoms with Crippen LogP contribution in [0.15, 0.2) is 54.7 Å². The SMILES string of the molecule is [C-]#[N+]CN1CCC(c2ccc(Nc3cc(NCc4cccc(F)c4F)c(C(N)=O)cn3)cc2)CC1. The molecule has 2 aromatic carbocycles. The fourth-order valence-electron chi connectivity index (χ4n) is 4.24. The van der Waals surface area contributed by atoms with E-state index in [-0.39, 0.29) is 17.7 Å². The molecule has 35 heavy (non-hydrogen) atoms. The van der Waals surface area contributed by atoms with Crippen molar-refractivity contribution in [2.75, 3.05) is 30.4 Å². The number of hydrogen-bond donors (Lipinski definition) is 3. The van der Waals surface area contributed by atoms with E-state index < -0.39 is 17.5 Å². The molecule has 1 fully saturated rings. The molecule has 180 valence electrons. The van der Waals surface area contributed by atoms with Gasteiger partial charge in [0, 0.05) is 43.1 Å². The molecule has 0 bridgehead atoms. The lowest BCUT2D eigenvalue weighted by atomic mass is 9.89. The Labute approximate surface area is 202 Å². The smallest absolute Gasteiger partial charge is 0.270 e. The summed E-state index contributed by atoms with van der Waals surface area (Å²) in [6, 6.07) is 13.7. The summed E-state index contributed by atoms with van der Waals surface area (Å²) in [7, 11) is 0. The fourth-order valence-corrected chi connectivity index (χ4v) is 4.24. The first-order valence-electron chi connectivity index (χ1n) is 11.3. The molecule has 3 aromatic rings. The Morgan fingerprint density at radius 1 is 1.17 bits per heavy atom. The number of rotatable bonds is 8. The number of amides is 1. The normalized spacial score (nSPS) is 14.3. The molecule has 2 heterocycles. The third-order valence-electron chi connectivity index (χ3n) is 6.18. The molecule has 4 N–H and O–H groups in total. The number of pyridine rings is 1. The van der Waals surface area contributed by atoms with Crippen LogP contribution in [0.5, 0.6) is 0 Å². The maximum absolute atomic E-state index is 14.0. The lowest BCUT2D eigenvalue weighted by molar-refractivity contribution is 0.100. The summed E-state index contributed by atoms with van der Waals surface area (Å²) < 4.78 is 27.5. The van der Waals surface area contributed by atoms with Crippen LogP contribution in [0, 0.1) is 18.2 Å². The number of aromatic nitrogens is 1. The maximum Gasteiger partial charge on any atom is 0.270 e. The van der Waals surface area contributed by atoms with Gasteiger partial charge in [0.1, 0.15) is 5.82 Å². The van der Waals surface area contributed by atoms with Crippen molar-refractivity contribution in [1.29, 1.82) is 0 Å². The van der Waals surface area contributed by atoms with Gasteiger partial charge in [0.05, 0.1) is 11.3 Å². The van der Waals surface area contributed by atoms with Gasteiger partial charge in [-0.25, -0.2) is 25.2 Å². The van der Waals surface area contributed by atoms with E-state index >= 15 is 0 Å². The van der Waals surface area contributed by atoms with E-state index in [0.29, 0.717) is 24.1 Å². The number of carbonyl (C=O) groups excluding carboxylic acids is 1. The average molecular weight is 477 g/mol. The van der Waals surface area contributed by atoms with Crippen LogP contribution in [0.2, 0.25) is 0 Å². The summed E-state index contributed by atoms with van der Waals surface area (Å²) in [5.41, 5.74) is 8.18. The van der Waals surface area contributed by atoms with Crippen LogP contribution in [0.4, 0.5) is 26.0 Å². The van der Waals surface area contributed by atoms with Crippen molar-refractivity contribution in [2.45, 2.75) is 25.3 Å². The van der Waals surface area contributed by atoms with Crippen molar-refractivity contribution in [3.05, 3.63) is 94.5 Å². The number of hydrogen-bond acceptors (Lipinski definition) is 5. The van der Waals surface area contributed by atoms with Crippen molar-refractivity contribution in [1.82, 2.24) is 9.88 Å². The molecular formula is C26H26F2N6O. The van der Waals surface area contributed by atoms with Gasteiger partial charge in [-0.3, -0.25) is 9.64 Å². The Morgan fingerprint density at radius 3 is 2.60 bits per heavy atom. The van der Waals surface area contributed by atoms with E-state index in [0.717, 1.165) is 37.7 Å². The van der Waals surface area contributed by atoms with E-state index in [2.05, 4.69) is 37.5 Å². The molecule has 4 rings (SSSR count). The van der Waals surface area contributed by atoms with E-state index in [9.17, 15) is 13.6 Å². The molecule has 0 atom stereocenters. The Balaban J connectivity index is 1.44. The molecule has 1 aromatic heterocycles. The second kappa shape index (κ2) is 10.9. The van der Waals surface area contributed by atoms with E-state index in [1.54, 1.807) is 6.07 Å². The quantitative estimate of drug-likeness (QED) is 0.404. The van der Waals surface area contributed by atoms with E-state index in [4.69, 9.17) is 12.3 Å². The predicted octanol–water partition coefficient (Wildman–Crippen LogP) is 4.87. The summed E-state index contributed by atoms with van der Waals surface area (Å²) in [6.07, 6.45) is 3.40. The Bertz CT molecular complexity index is 1230. The van der Waals surface area contributed by atoms with Gasteiger partial charge in [0.2, 0.25) is 0 Å². The topological polar surface area (TPSA) is 87.6 Å². The van der Waals surface area contributed by atoms with Crippen molar-refractivity contribution < 1.29 is 13.6 Å². The van der Waals surface area contributed by atoms with Crippen molar-refractivity contribution in [2.24, 2.45) is 5.73 Å². The molecule has 0 radical (unpaired) electrons. The van der Waals surface area contributed by atoms with Gasteiger partial charge in [0.25, 0.3) is 12.6 Å². The molecule has 1 saturated heterocycles. The molecule has 7 nitrogen and oxygen atoms in total. The third-order valence-corrected chi connectivity index (χ3v) is 6.18. The molecule has 0 aliphatic carbocycles. The van der Waals surface area contributed by atoms with Gasteiger partial charge < -0.3 is 16.4 Å². The molecule has 0 spiro atoms. The van der Waals surface area contributed by atoms with Gasteiger partial charge in [-0.05, 0) is 42.5 Å². The van der Waals surface area contributed by atoms with Crippen LogP contribution in [-0.4, -0.2) is 35.5 Å². The predicted molar refractivity (Wildman–Crippen MR) is 131 cm³/mol. The largest absolute Gasteiger partial charge is 0.380 e. The van der Waals surface area contributed by atoms with Crippen LogP contribution < -0.4 is 16.4 Å². The van der Waals surface area contributed by atoms with Crippen LogP contribution in [-0.2, 0) is 6.54 Å². The lowest BCUT2D eigenvalue weighted by Gasteiger charge is -2.28. The van der Waals surface area contributed by atoms with Crippen molar-refractivity contribution in [3.8, 4) is 0 Å². The number of nitrogens with two attached hydrogens (primary N) is 1. The van der Waals surface area contributed by atoms with Gasteiger partial charge in [0.15, 0.2) is 11.6 Å². The van der Waals surface area contributed by atoms with Crippen LogP contribution in [0.1, 0.15) is 40.2 Å². The Kier molecular flexibility index (Phi) is 7.53. The van der Waals surface area contributed by atoms with Gasteiger partial charge in [-0.1, -0.05) is 24.3 Å². The zero-order valence-electron chi connectivity index (χ0n) is 19.1. The molecule has 9 heteroatoms. The number of nitrogens with one attached hydrogen (secondary N) is 2.